The molecule has 40 heavy (non-hydrogen) atoms. The van der Waals surface area contributed by atoms with E-state index in [1.54, 1.807) is 18.3 Å². The van der Waals surface area contributed by atoms with Crippen LogP contribution in [0.2, 0.25) is 5.02 Å². The van der Waals surface area contributed by atoms with Crippen LogP contribution in [-0.2, 0) is 10.2 Å². The molecule has 1 saturated heterocycles. The normalized spacial score (nSPS) is 21.7. The first-order valence-corrected chi connectivity index (χ1v) is 13.6. The van der Waals surface area contributed by atoms with Gasteiger partial charge in [-0.1, -0.05) is 31.5 Å². The van der Waals surface area contributed by atoms with Gasteiger partial charge in [-0.25, -0.2) is 4.98 Å². The van der Waals surface area contributed by atoms with E-state index >= 15 is 0 Å². The molecule has 4 N–H and O–H groups in total. The first kappa shape index (κ1) is 26.6. The zero-order valence-electron chi connectivity index (χ0n) is 22.3. The van der Waals surface area contributed by atoms with Crippen LogP contribution in [0.3, 0.4) is 0 Å². The topological polar surface area (TPSA) is 110 Å². The second-order valence-electron chi connectivity index (χ2n) is 11.3. The number of hydrazine groups is 2. The maximum atomic E-state index is 13.8. The summed E-state index contributed by atoms with van der Waals surface area (Å²) < 4.78 is 19.5. The third-order valence-electron chi connectivity index (χ3n) is 7.81. The summed E-state index contributed by atoms with van der Waals surface area (Å²) in [4.78, 5) is 8.33. The Morgan fingerprint density at radius 2 is 2.08 bits per heavy atom. The number of hydrogen-bond donors (Lipinski definition) is 4. The van der Waals surface area contributed by atoms with Gasteiger partial charge in [0.25, 0.3) is 0 Å². The summed E-state index contributed by atoms with van der Waals surface area (Å²) in [5, 5.41) is 20.0. The van der Waals surface area contributed by atoms with Crippen LogP contribution in [0.4, 0.5) is 15.8 Å². The Labute approximate surface area is 238 Å². The van der Waals surface area contributed by atoms with Gasteiger partial charge in [0.05, 0.1) is 39.5 Å². The minimum atomic E-state index is -1.33. The highest BCUT2D eigenvalue weighted by Crippen LogP contribution is 2.39. The number of pyridine rings is 2. The summed E-state index contributed by atoms with van der Waals surface area (Å²) in [5.74, 6) is -0.604. The summed E-state index contributed by atoms with van der Waals surface area (Å²) in [6.45, 7) is 5.52. The van der Waals surface area contributed by atoms with Gasteiger partial charge in [0.2, 0.25) is 5.95 Å². The van der Waals surface area contributed by atoms with Crippen LogP contribution in [0.25, 0.3) is 10.9 Å². The van der Waals surface area contributed by atoms with E-state index in [1.807, 2.05) is 17.3 Å². The Balaban J connectivity index is 1.43. The fourth-order valence-electron chi connectivity index (χ4n) is 5.25. The number of aromatic nitrogens is 2. The molecule has 0 spiro atoms. The molecular weight excluding hydrogens is 530 g/mol. The van der Waals surface area contributed by atoms with Gasteiger partial charge in [-0.3, -0.25) is 9.99 Å². The van der Waals surface area contributed by atoms with Crippen LogP contribution in [0.15, 0.2) is 48.6 Å². The number of nitrogens with zero attached hydrogens (tertiary/aromatic N) is 4. The molecule has 1 aromatic carbocycles. The molecule has 2 aromatic heterocycles. The van der Waals surface area contributed by atoms with Gasteiger partial charge in [0.15, 0.2) is 0 Å². The van der Waals surface area contributed by atoms with E-state index < -0.39 is 11.4 Å². The molecule has 0 amide bonds. The Kier molecular flexibility index (Phi) is 6.73. The zero-order chi connectivity index (χ0) is 28.1. The third-order valence-corrected chi connectivity index (χ3v) is 8.10. The van der Waals surface area contributed by atoms with E-state index in [0.29, 0.717) is 63.4 Å². The van der Waals surface area contributed by atoms with Gasteiger partial charge in [-0.15, -0.1) is 5.53 Å². The van der Waals surface area contributed by atoms with Crippen LogP contribution >= 0.6 is 11.6 Å². The van der Waals surface area contributed by atoms with Crippen LogP contribution in [-0.4, -0.2) is 48.1 Å². The lowest BCUT2D eigenvalue weighted by Gasteiger charge is -2.39. The lowest BCUT2D eigenvalue weighted by molar-refractivity contribution is 0.00350. The second-order valence-corrected chi connectivity index (χ2v) is 11.7. The van der Waals surface area contributed by atoms with Crippen LogP contribution < -0.4 is 21.6 Å². The van der Waals surface area contributed by atoms with Crippen molar-refractivity contribution in [2.45, 2.75) is 50.6 Å². The highest BCUT2D eigenvalue weighted by Gasteiger charge is 2.38. The lowest BCUT2D eigenvalue weighted by Crippen LogP contribution is -2.45. The van der Waals surface area contributed by atoms with Crippen molar-refractivity contribution >= 4 is 41.7 Å². The van der Waals surface area contributed by atoms with Crippen molar-refractivity contribution in [1.29, 1.82) is 5.26 Å². The Morgan fingerprint density at radius 1 is 1.25 bits per heavy atom. The predicted octanol–water partition coefficient (Wildman–Crippen LogP) is 4.28. The molecule has 3 aromatic rings. The molecule has 2 radical (unpaired) electrons. The Bertz CT molecular complexity index is 1520. The molecule has 2 atom stereocenters. The van der Waals surface area contributed by atoms with Crippen LogP contribution in [0.5, 0.6) is 0 Å². The number of fused-ring (bicyclic) bond motifs is 1. The van der Waals surface area contributed by atoms with Crippen molar-refractivity contribution in [2.75, 3.05) is 23.8 Å². The van der Waals surface area contributed by atoms with Gasteiger partial charge >= 0.3 is 0 Å². The zero-order valence-corrected chi connectivity index (χ0v) is 23.0. The number of rotatable bonds is 7. The predicted molar refractivity (Wildman–Crippen MR) is 153 cm³/mol. The standard InChI is InChI=1S/C28H29BClFN8O/c1-27(2)15-40-8-7-22(27)35-25-16(11-32)12-34-26-20(25)9-18(10-21(26)30)36-28(29,17-3-6-24(31)33-13-17)23-14-39(38-37-23)19-4-5-19/h3,6,9-10,12-14,19,22,36-38H,4-5,7-8,15H2,1-2H3,(H,34,35). The number of anilines is 2. The largest absolute Gasteiger partial charge is 0.381 e. The summed E-state index contributed by atoms with van der Waals surface area (Å²) in [6.07, 6.45) is 7.81. The van der Waals surface area contributed by atoms with Crippen molar-refractivity contribution in [3.8, 4) is 6.07 Å². The highest BCUT2D eigenvalue weighted by molar-refractivity contribution is 6.36. The first-order chi connectivity index (χ1) is 19.2. The van der Waals surface area contributed by atoms with Crippen LogP contribution in [0, 0.1) is 22.7 Å². The van der Waals surface area contributed by atoms with Crippen molar-refractivity contribution in [2.24, 2.45) is 5.41 Å². The molecule has 2 unspecified atom stereocenters. The molecule has 1 aliphatic carbocycles. The minimum Gasteiger partial charge on any atom is -0.381 e. The average Bonchev–Trinajstić information content (AvgIpc) is 3.65. The molecule has 2 fully saturated rings. The fraction of sp³-hybridized carbons (Fsp3) is 0.393. The molecule has 3 aliphatic rings. The van der Waals surface area contributed by atoms with Gasteiger partial charge in [0, 0.05) is 53.8 Å². The summed E-state index contributed by atoms with van der Waals surface area (Å²) in [6, 6.07) is 9.21. The van der Waals surface area contributed by atoms with E-state index in [1.165, 1.54) is 12.3 Å². The van der Waals surface area contributed by atoms with Gasteiger partial charge in [-0.2, -0.15) is 9.65 Å². The van der Waals surface area contributed by atoms with E-state index in [9.17, 15) is 9.65 Å². The van der Waals surface area contributed by atoms with Gasteiger partial charge < -0.3 is 20.8 Å². The quantitative estimate of drug-likeness (QED) is 0.249. The van der Waals surface area contributed by atoms with Crippen molar-refractivity contribution in [3.05, 3.63) is 70.7 Å². The van der Waals surface area contributed by atoms with Gasteiger partial charge in [-0.05, 0) is 43.0 Å². The number of halogens is 2. The molecule has 6 rings (SSSR count). The van der Waals surface area contributed by atoms with E-state index in [-0.39, 0.29) is 11.5 Å². The minimum absolute atomic E-state index is 0.0700. The molecule has 9 nitrogen and oxygen atoms in total. The van der Waals surface area contributed by atoms with E-state index in [0.717, 1.165) is 19.3 Å². The Morgan fingerprint density at radius 3 is 2.77 bits per heavy atom. The molecule has 2 aliphatic heterocycles. The maximum absolute atomic E-state index is 13.8. The van der Waals surface area contributed by atoms with Gasteiger partial charge in [0.1, 0.15) is 13.9 Å². The molecule has 1 saturated carbocycles. The SMILES string of the molecule is [B]C(Nc1cc(Cl)c2ncc(C#N)c(NC3CCOCC3(C)C)c2c1)(C1=CN(C2CC2)NN1)c1ccc(F)nc1. The molecule has 0 bridgehead atoms. The summed E-state index contributed by atoms with van der Waals surface area (Å²) >= 11 is 6.77. The lowest BCUT2D eigenvalue weighted by atomic mass is 9.70. The smallest absolute Gasteiger partial charge is 0.212 e. The maximum Gasteiger partial charge on any atom is 0.212 e. The first-order valence-electron chi connectivity index (χ1n) is 13.3. The van der Waals surface area contributed by atoms with E-state index in [4.69, 9.17) is 24.2 Å². The molecular formula is C28H29BClFN8O. The number of hydrogen-bond acceptors (Lipinski definition) is 9. The fourth-order valence-corrected chi connectivity index (χ4v) is 5.52. The molecule has 4 heterocycles. The summed E-state index contributed by atoms with van der Waals surface area (Å²) in [5.41, 5.74) is 8.20. The summed E-state index contributed by atoms with van der Waals surface area (Å²) in [7, 11) is 7.05. The van der Waals surface area contributed by atoms with Crippen molar-refractivity contribution in [3.63, 3.8) is 0 Å². The van der Waals surface area contributed by atoms with E-state index in [2.05, 4.69) is 51.5 Å². The number of ether oxygens (including phenoxy) is 1. The third kappa shape index (κ3) is 4.92. The number of benzene rings is 1. The average molecular weight is 559 g/mol. The highest BCUT2D eigenvalue weighted by atomic mass is 35.5. The van der Waals surface area contributed by atoms with Crippen molar-refractivity contribution < 1.29 is 9.13 Å². The number of nitriles is 1. The Hall–Kier alpha value is -3.59. The molecule has 204 valence electrons. The second kappa shape index (κ2) is 10.1. The number of nitrogens with one attached hydrogen (secondary N) is 4. The molecule has 12 heteroatoms. The van der Waals surface area contributed by atoms with Crippen LogP contribution in [0.1, 0.15) is 44.2 Å². The van der Waals surface area contributed by atoms with Crippen molar-refractivity contribution in [1.82, 2.24) is 25.9 Å². The monoisotopic (exact) mass is 558 g/mol.